The first-order valence-electron chi connectivity index (χ1n) is 22.8. The Hall–Kier alpha value is -3.16. The topological polar surface area (TPSA) is 158 Å². The summed E-state index contributed by atoms with van der Waals surface area (Å²) in [7, 11) is 0. The van der Waals surface area contributed by atoms with Crippen molar-refractivity contribution in [3.63, 3.8) is 0 Å². The fourth-order valence-electron chi connectivity index (χ4n) is 5.95. The monoisotopic (exact) mass is 942 g/mol. The van der Waals surface area contributed by atoms with Gasteiger partial charge in [-0.15, -0.1) is 0 Å². The van der Waals surface area contributed by atoms with Crippen LogP contribution in [0.5, 0.6) is 0 Å². The van der Waals surface area contributed by atoms with E-state index in [4.69, 9.17) is 23.4 Å². The van der Waals surface area contributed by atoms with E-state index in [9.17, 15) is 28.8 Å². The minimum Gasteiger partial charge on any atom is -0.0654 e. The summed E-state index contributed by atoms with van der Waals surface area (Å²) >= 11 is -5.53. The molecule has 59 heavy (non-hydrogen) atoms. The summed E-state index contributed by atoms with van der Waals surface area (Å²) in [6.45, 7) is 8.97. The second-order valence-electron chi connectivity index (χ2n) is 15.0. The molecular formula is C46H78O12Sn. The van der Waals surface area contributed by atoms with E-state index in [0.29, 0.717) is 32.1 Å². The summed E-state index contributed by atoms with van der Waals surface area (Å²) in [6, 6.07) is 0. The van der Waals surface area contributed by atoms with Crippen LogP contribution in [0.2, 0.25) is 4.44 Å². The zero-order chi connectivity index (χ0) is 43.7. The first-order valence-corrected chi connectivity index (χ1v) is 28.4. The van der Waals surface area contributed by atoms with Gasteiger partial charge in [0.25, 0.3) is 0 Å². The molecule has 0 fully saturated rings. The molecule has 12 nitrogen and oxygen atoms in total. The van der Waals surface area contributed by atoms with E-state index in [1.165, 1.54) is 77.0 Å². The molecule has 0 aromatic carbocycles. The summed E-state index contributed by atoms with van der Waals surface area (Å²) in [4.78, 5) is 76.1. The maximum atomic E-state index is 13.0. The summed E-state index contributed by atoms with van der Waals surface area (Å²) in [5, 5.41) is 0. The minimum atomic E-state index is -5.53. The van der Waals surface area contributed by atoms with E-state index in [0.717, 1.165) is 94.2 Å². The number of esters is 3. The fourth-order valence-corrected chi connectivity index (χ4v) is 12.6. The average Bonchev–Trinajstić information content (AvgIpc) is 3.21. The molecule has 338 valence electrons. The molecule has 0 spiro atoms. The zero-order valence-electron chi connectivity index (χ0n) is 37.1. The smallest absolute Gasteiger partial charge is 0.0654 e. The van der Waals surface area contributed by atoms with Gasteiger partial charge in [0, 0.05) is 0 Å². The van der Waals surface area contributed by atoms with Crippen LogP contribution < -0.4 is 0 Å². The first-order chi connectivity index (χ1) is 28.6. The molecule has 0 bridgehead atoms. The molecule has 0 heterocycles. The molecule has 0 radical (unpaired) electrons. The van der Waals surface area contributed by atoms with Crippen molar-refractivity contribution in [1.82, 2.24) is 0 Å². The molecule has 13 heteroatoms. The van der Waals surface area contributed by atoms with Crippen molar-refractivity contribution in [1.29, 1.82) is 0 Å². The van der Waals surface area contributed by atoms with Crippen molar-refractivity contribution >= 4 is 55.4 Å². The number of rotatable bonds is 39. The van der Waals surface area contributed by atoms with Gasteiger partial charge in [-0.3, -0.25) is 0 Å². The third kappa shape index (κ3) is 36.4. The van der Waals surface area contributed by atoms with Gasteiger partial charge in [-0.2, -0.15) is 0 Å². The van der Waals surface area contributed by atoms with Crippen LogP contribution in [-0.4, -0.2) is 75.3 Å². The average molecular weight is 942 g/mol. The molecule has 0 aliphatic rings. The van der Waals surface area contributed by atoms with E-state index in [1.54, 1.807) is 0 Å². The molecule has 0 aliphatic heterocycles. The third-order valence-electron chi connectivity index (χ3n) is 9.40. The van der Waals surface area contributed by atoms with Crippen LogP contribution in [0, 0.1) is 0 Å². The molecule has 0 atom stereocenters. The fraction of sp³-hybridized carbons (Fsp3) is 0.739. The van der Waals surface area contributed by atoms with Gasteiger partial charge in [0.05, 0.1) is 0 Å². The Kier molecular flexibility index (Phi) is 38.1. The second kappa shape index (κ2) is 40.3. The predicted octanol–water partition coefficient (Wildman–Crippen LogP) is 11.1. The van der Waals surface area contributed by atoms with Crippen molar-refractivity contribution in [2.75, 3.05) is 19.8 Å². The van der Waals surface area contributed by atoms with Crippen LogP contribution in [0.25, 0.3) is 0 Å². The Labute approximate surface area is 361 Å². The minimum absolute atomic E-state index is 0.0847. The van der Waals surface area contributed by atoms with E-state index in [1.807, 2.05) is 6.92 Å². The molecule has 0 aromatic heterocycles. The van der Waals surface area contributed by atoms with Gasteiger partial charge in [0.1, 0.15) is 0 Å². The number of unbranched alkanes of at least 4 members (excludes halogenated alkanes) is 22. The maximum absolute atomic E-state index is 13.0. The van der Waals surface area contributed by atoms with E-state index in [-0.39, 0.29) is 24.3 Å². The molecule has 0 aliphatic carbocycles. The Balaban J connectivity index is 5.46. The Morgan fingerprint density at radius 3 is 0.780 bits per heavy atom. The molecule has 0 amide bonds. The molecule has 0 saturated heterocycles. The van der Waals surface area contributed by atoms with E-state index >= 15 is 0 Å². The van der Waals surface area contributed by atoms with Crippen LogP contribution in [0.3, 0.4) is 0 Å². The second-order valence-corrected chi connectivity index (χ2v) is 22.1. The van der Waals surface area contributed by atoms with Crippen molar-refractivity contribution in [3.05, 3.63) is 36.5 Å². The molecule has 0 N–H and O–H groups in total. The van der Waals surface area contributed by atoms with Gasteiger partial charge < -0.3 is 0 Å². The van der Waals surface area contributed by atoms with Crippen LogP contribution in [0.4, 0.5) is 0 Å². The van der Waals surface area contributed by atoms with Gasteiger partial charge in [-0.25, -0.2) is 0 Å². The number of ether oxygens (including phenoxy) is 3. The Morgan fingerprint density at radius 2 is 0.525 bits per heavy atom. The van der Waals surface area contributed by atoms with E-state index < -0.39 is 55.4 Å². The van der Waals surface area contributed by atoms with Crippen LogP contribution in [0.1, 0.15) is 195 Å². The Bertz CT molecular complexity index is 1090. The number of hydrogen-bond acceptors (Lipinski definition) is 12. The standard InChI is InChI=1S/3C14H24O4.C4H9.Sn/c3*1-2-3-4-5-6-7-8-9-12-18-14(17)11-10-13(15)16;1-3-4-2;/h3*10-11H,2-9,12H2,1H3,(H,15,16);1,3-4H2,2H3;/q;;;;+3/p-3/b3*11-10-;;. The quantitative estimate of drug-likeness (QED) is 0.0189. The van der Waals surface area contributed by atoms with Crippen LogP contribution in [0.15, 0.2) is 36.5 Å². The summed E-state index contributed by atoms with van der Waals surface area (Å²) in [5.41, 5.74) is 0. The molecule has 0 unspecified atom stereocenters. The number of hydrogen-bond donors (Lipinski definition) is 0. The van der Waals surface area contributed by atoms with Crippen molar-refractivity contribution in [3.8, 4) is 0 Å². The number of carbonyl (C=O) groups is 6. The Morgan fingerprint density at radius 1 is 0.305 bits per heavy atom. The summed E-state index contributed by atoms with van der Waals surface area (Å²) < 4.78 is 32.3. The van der Waals surface area contributed by atoms with Crippen molar-refractivity contribution in [2.45, 2.75) is 199 Å². The predicted molar refractivity (Wildman–Crippen MR) is 232 cm³/mol. The SMILES string of the molecule is CCCCCCCCCCOC(=O)/C=C\C(=O)[O][Sn]([CH2]CCC)([O]C(=O)/C=C\C(=O)OCCCCCCCCCC)[O]C(=O)/C=C\C(=O)OCCCCCCCCCC. The van der Waals surface area contributed by atoms with E-state index in [2.05, 4.69) is 20.8 Å². The van der Waals surface area contributed by atoms with Crippen LogP contribution in [-0.2, 0) is 52.2 Å². The van der Waals surface area contributed by atoms with Gasteiger partial charge in [0.15, 0.2) is 0 Å². The normalized spacial score (nSPS) is 11.6. The molecular weight excluding hydrogens is 863 g/mol. The third-order valence-corrected chi connectivity index (χ3v) is 16.5. The first kappa shape index (κ1) is 55.8. The molecule has 0 saturated carbocycles. The van der Waals surface area contributed by atoms with Gasteiger partial charge in [-0.05, 0) is 0 Å². The van der Waals surface area contributed by atoms with Crippen molar-refractivity contribution in [2.24, 2.45) is 0 Å². The van der Waals surface area contributed by atoms with Gasteiger partial charge in [-0.1, -0.05) is 78.6 Å². The molecule has 0 aromatic rings. The summed E-state index contributed by atoms with van der Waals surface area (Å²) in [6.07, 6.45) is 32.1. The van der Waals surface area contributed by atoms with Crippen molar-refractivity contribution < 1.29 is 52.2 Å². The van der Waals surface area contributed by atoms with Gasteiger partial charge >= 0.3 is 284 Å². The van der Waals surface area contributed by atoms with Crippen LogP contribution >= 0.6 is 0 Å². The zero-order valence-corrected chi connectivity index (χ0v) is 39.9. The molecule has 0 rings (SSSR count). The number of carbonyl (C=O) groups excluding carboxylic acids is 6. The van der Waals surface area contributed by atoms with Gasteiger partial charge in [0.2, 0.25) is 0 Å². The summed E-state index contributed by atoms with van der Waals surface area (Å²) in [5.74, 6) is -5.50.